The topological polar surface area (TPSA) is 118 Å². The third-order valence-corrected chi connectivity index (χ3v) is 9.98. The number of hydrogen-bond acceptors (Lipinski definition) is 7. The number of nitrogens with two attached hydrogens (primary N) is 1. The van der Waals surface area contributed by atoms with Gasteiger partial charge in [0.1, 0.15) is 17.3 Å². The van der Waals surface area contributed by atoms with Gasteiger partial charge in [0.2, 0.25) is 0 Å². The van der Waals surface area contributed by atoms with Gasteiger partial charge < -0.3 is 29.4 Å². The number of piperidine rings is 1. The zero-order valence-corrected chi connectivity index (χ0v) is 24.8. The molecule has 10 nitrogen and oxygen atoms in total. The van der Waals surface area contributed by atoms with Gasteiger partial charge in [-0.15, -0.1) is 0 Å². The third-order valence-electron chi connectivity index (χ3n) is 9.98. The molecule has 5 aromatic rings. The summed E-state index contributed by atoms with van der Waals surface area (Å²) in [6.45, 7) is 3.11. The quantitative estimate of drug-likeness (QED) is 0.317. The lowest BCUT2D eigenvalue weighted by Crippen LogP contribution is -2.48. The van der Waals surface area contributed by atoms with E-state index in [1.807, 2.05) is 41.4 Å². The van der Waals surface area contributed by atoms with Crippen molar-refractivity contribution in [1.82, 2.24) is 24.0 Å². The van der Waals surface area contributed by atoms with Crippen molar-refractivity contribution in [3.05, 3.63) is 72.1 Å². The molecule has 1 aliphatic carbocycles. The average molecular weight is 587 g/mol. The number of methoxy groups -OCH3 is 1. The molecule has 1 amide bonds. The summed E-state index contributed by atoms with van der Waals surface area (Å²) >= 11 is 0. The molecular formula is C34H34N8O2. The second-order valence-corrected chi connectivity index (χ2v) is 12.5. The first-order valence-electron chi connectivity index (χ1n) is 15.2. The van der Waals surface area contributed by atoms with E-state index in [1.54, 1.807) is 13.3 Å². The van der Waals surface area contributed by atoms with Crippen LogP contribution in [0.3, 0.4) is 0 Å². The standard InChI is InChI=1S/C34H34N8O2/c1-39-27-6-4-3-5-22(27)11-29(39)33-38-26-10-24(34(43)41-19-23-7-8-28(41)31(23)36)12-30(44-2)32(26)42(33)18-21-16-40(17-21)25-9-20(13-35)14-37-15-25/h3-6,9-12,14-15,21,23,28,31H,7-8,16-19,36H2,1-2H3/t23-,28-,31-/m1/s1. The maximum Gasteiger partial charge on any atom is 0.254 e. The van der Waals surface area contributed by atoms with E-state index in [4.69, 9.17) is 15.5 Å². The van der Waals surface area contributed by atoms with E-state index in [9.17, 15) is 10.1 Å². The summed E-state index contributed by atoms with van der Waals surface area (Å²) in [6, 6.07) is 18.5. The second-order valence-electron chi connectivity index (χ2n) is 12.5. The number of para-hydroxylation sites is 1. The SMILES string of the molecule is COc1cc(C(=O)N2C[C@H]3CC[C@@H]2[C@@H]3N)cc2nc(-c3cc4ccccc4n3C)n(CC3CN(c4cncc(C#N)c4)C3)c12. The Morgan fingerprint density at radius 2 is 1.95 bits per heavy atom. The maximum absolute atomic E-state index is 13.8. The molecule has 2 bridgehead atoms. The van der Waals surface area contributed by atoms with Crippen LogP contribution in [0, 0.1) is 23.2 Å². The number of aryl methyl sites for hydroxylation is 1. The van der Waals surface area contributed by atoms with Gasteiger partial charge in [0.25, 0.3) is 5.91 Å². The number of nitrogens with zero attached hydrogens (tertiary/aromatic N) is 7. The predicted octanol–water partition coefficient (Wildman–Crippen LogP) is 4.17. The van der Waals surface area contributed by atoms with E-state index in [-0.39, 0.29) is 18.0 Å². The Morgan fingerprint density at radius 1 is 1.11 bits per heavy atom. The van der Waals surface area contributed by atoms with Crippen molar-refractivity contribution in [2.45, 2.75) is 31.5 Å². The third kappa shape index (κ3) is 4.07. The monoisotopic (exact) mass is 586 g/mol. The van der Waals surface area contributed by atoms with Crippen molar-refractivity contribution in [3.63, 3.8) is 0 Å². The van der Waals surface area contributed by atoms with Crippen LogP contribution < -0.4 is 15.4 Å². The second kappa shape index (κ2) is 10.1. The number of hydrogen-bond donors (Lipinski definition) is 1. The number of anilines is 1. The highest BCUT2D eigenvalue weighted by Gasteiger charge is 2.47. The molecule has 44 heavy (non-hydrogen) atoms. The molecule has 0 unspecified atom stereocenters. The number of aromatic nitrogens is 4. The van der Waals surface area contributed by atoms with Gasteiger partial charge in [0.05, 0.1) is 35.8 Å². The van der Waals surface area contributed by atoms with Crippen LogP contribution in [0.25, 0.3) is 33.5 Å². The molecule has 5 heterocycles. The molecule has 3 atom stereocenters. The normalized spacial score (nSPS) is 21.3. The fourth-order valence-electron chi connectivity index (χ4n) is 7.65. The minimum absolute atomic E-state index is 0.00333. The van der Waals surface area contributed by atoms with Gasteiger partial charge >= 0.3 is 0 Å². The summed E-state index contributed by atoms with van der Waals surface area (Å²) < 4.78 is 10.4. The van der Waals surface area contributed by atoms with Gasteiger partial charge in [-0.25, -0.2) is 4.98 Å². The first-order valence-corrected chi connectivity index (χ1v) is 15.2. The average Bonchev–Trinajstić information content (AvgIpc) is 3.77. The number of carbonyl (C=O) groups is 1. The van der Waals surface area contributed by atoms with Crippen molar-refractivity contribution >= 4 is 33.5 Å². The first kappa shape index (κ1) is 26.7. The van der Waals surface area contributed by atoms with E-state index >= 15 is 0 Å². The highest BCUT2D eigenvalue weighted by atomic mass is 16.5. The molecule has 8 rings (SSSR count). The van der Waals surface area contributed by atoms with Crippen LogP contribution in [0.1, 0.15) is 28.8 Å². The van der Waals surface area contributed by atoms with Gasteiger partial charge in [-0.1, -0.05) is 18.2 Å². The van der Waals surface area contributed by atoms with Crippen molar-refractivity contribution in [2.75, 3.05) is 31.6 Å². The zero-order chi connectivity index (χ0) is 30.1. The zero-order valence-electron chi connectivity index (χ0n) is 24.8. The summed E-state index contributed by atoms with van der Waals surface area (Å²) in [5, 5.41) is 10.5. The van der Waals surface area contributed by atoms with Crippen LogP contribution in [0.5, 0.6) is 5.75 Å². The molecule has 3 fully saturated rings. The lowest BCUT2D eigenvalue weighted by Gasteiger charge is -2.41. The van der Waals surface area contributed by atoms with Gasteiger partial charge in [-0.2, -0.15) is 5.26 Å². The van der Waals surface area contributed by atoms with Crippen LogP contribution in [0.15, 0.2) is 60.9 Å². The number of amides is 1. The smallest absolute Gasteiger partial charge is 0.254 e. The van der Waals surface area contributed by atoms with Crippen LogP contribution in [0.2, 0.25) is 0 Å². The number of imidazole rings is 1. The summed E-state index contributed by atoms with van der Waals surface area (Å²) in [7, 11) is 3.73. The Hall–Kier alpha value is -4.88. The number of carbonyl (C=O) groups excluding carboxylic acids is 1. The number of pyridine rings is 1. The molecule has 2 aromatic carbocycles. The van der Waals surface area contributed by atoms with E-state index in [0.29, 0.717) is 35.3 Å². The lowest BCUT2D eigenvalue weighted by atomic mass is 9.98. The minimum Gasteiger partial charge on any atom is -0.494 e. The molecule has 2 N–H and O–H groups in total. The molecule has 222 valence electrons. The molecular weight excluding hydrogens is 552 g/mol. The maximum atomic E-state index is 13.8. The number of likely N-dealkylation sites (tertiary alicyclic amines) is 1. The van der Waals surface area contributed by atoms with Gasteiger partial charge in [-0.3, -0.25) is 9.78 Å². The largest absolute Gasteiger partial charge is 0.494 e. The predicted molar refractivity (Wildman–Crippen MR) is 168 cm³/mol. The van der Waals surface area contributed by atoms with Gasteiger partial charge in [-0.05, 0) is 49.1 Å². The Labute approximate surface area is 255 Å². The highest BCUT2D eigenvalue weighted by molar-refractivity contribution is 6.00. The van der Waals surface area contributed by atoms with E-state index in [1.165, 1.54) is 0 Å². The Balaban J connectivity index is 1.19. The summed E-state index contributed by atoms with van der Waals surface area (Å²) in [5.41, 5.74) is 12.3. The van der Waals surface area contributed by atoms with Crippen molar-refractivity contribution < 1.29 is 9.53 Å². The number of ether oxygens (including phenoxy) is 1. The van der Waals surface area contributed by atoms with Crippen LogP contribution in [0.4, 0.5) is 5.69 Å². The van der Waals surface area contributed by atoms with Gasteiger partial charge in [0, 0.05) is 73.9 Å². The van der Waals surface area contributed by atoms with Crippen LogP contribution in [-0.2, 0) is 13.6 Å². The van der Waals surface area contributed by atoms with Crippen LogP contribution >= 0.6 is 0 Å². The number of nitriles is 1. The molecule has 0 spiro atoms. The van der Waals surface area contributed by atoms with Crippen molar-refractivity contribution in [1.29, 1.82) is 5.26 Å². The summed E-state index contributed by atoms with van der Waals surface area (Å²) in [6.07, 6.45) is 5.45. The Kier molecular flexibility index (Phi) is 6.13. The summed E-state index contributed by atoms with van der Waals surface area (Å²) in [5.74, 6) is 2.21. The molecule has 2 aliphatic heterocycles. The fraction of sp³-hybridized carbons (Fsp3) is 0.353. The lowest BCUT2D eigenvalue weighted by molar-refractivity contribution is 0.0700. The molecule has 10 heteroatoms. The molecule has 0 radical (unpaired) electrons. The van der Waals surface area contributed by atoms with Crippen molar-refractivity contribution in [3.8, 4) is 23.3 Å². The molecule has 3 aromatic heterocycles. The Bertz CT molecular complexity index is 1980. The number of benzene rings is 2. The summed E-state index contributed by atoms with van der Waals surface area (Å²) in [4.78, 5) is 27.5. The van der Waals surface area contributed by atoms with E-state index in [2.05, 4.69) is 50.3 Å². The number of rotatable bonds is 6. The number of fused-ring (bicyclic) bond motifs is 4. The van der Waals surface area contributed by atoms with E-state index in [0.717, 1.165) is 71.6 Å². The van der Waals surface area contributed by atoms with Gasteiger partial charge in [0.15, 0.2) is 5.82 Å². The fourth-order valence-corrected chi connectivity index (χ4v) is 7.65. The van der Waals surface area contributed by atoms with Crippen molar-refractivity contribution in [2.24, 2.45) is 24.6 Å². The Morgan fingerprint density at radius 3 is 2.68 bits per heavy atom. The minimum atomic E-state index is -0.00333. The molecule has 3 aliphatic rings. The first-order chi connectivity index (χ1) is 21.4. The van der Waals surface area contributed by atoms with Crippen LogP contribution in [-0.4, -0.2) is 68.7 Å². The highest BCUT2D eigenvalue weighted by Crippen LogP contribution is 2.40. The molecule has 1 saturated carbocycles. The van der Waals surface area contributed by atoms with E-state index < -0.39 is 0 Å². The molecule has 2 saturated heterocycles.